The molecule has 9 aromatic rings. The summed E-state index contributed by atoms with van der Waals surface area (Å²) in [5, 5.41) is 25.0. The van der Waals surface area contributed by atoms with Gasteiger partial charge in [-0.05, 0) is 59.7 Å². The first-order valence-corrected chi connectivity index (χ1v) is 15.9. The van der Waals surface area contributed by atoms with Crippen LogP contribution >= 0.6 is 0 Å². The number of para-hydroxylation sites is 4. The first-order valence-electron chi connectivity index (χ1n) is 15.9. The number of hydrogen-bond donors (Lipinski definition) is 0. The molecule has 2 aromatic heterocycles. The maximum atomic E-state index is 10.7. The molecule has 4 heteroatoms. The SMILES string of the molecule is N#Cc1c(-c2cccc(-c3ccccc3-n3c4ccccc4c4c(C#N)cccc43)c2)cccc1-n1c2ccccc2c2ccccc21. The quantitative estimate of drug-likeness (QED) is 0.199. The Morgan fingerprint density at radius 2 is 0.896 bits per heavy atom. The fourth-order valence-electron chi connectivity index (χ4n) is 7.41. The Kier molecular flexibility index (Phi) is 6.22. The Balaban J connectivity index is 1.25. The molecule has 0 amide bonds. The molecule has 9 rings (SSSR count). The molecule has 4 nitrogen and oxygen atoms in total. The van der Waals surface area contributed by atoms with E-state index in [0.717, 1.165) is 77.2 Å². The first-order chi connectivity index (χ1) is 23.8. The van der Waals surface area contributed by atoms with Crippen LogP contribution in [0.25, 0.3) is 77.2 Å². The number of fused-ring (bicyclic) bond motifs is 6. The van der Waals surface area contributed by atoms with Crippen LogP contribution < -0.4 is 0 Å². The van der Waals surface area contributed by atoms with Crippen LogP contribution in [0.4, 0.5) is 0 Å². The van der Waals surface area contributed by atoms with Crippen molar-refractivity contribution in [3.8, 4) is 45.8 Å². The number of benzene rings is 7. The van der Waals surface area contributed by atoms with E-state index < -0.39 is 0 Å². The molecule has 0 unspecified atom stereocenters. The van der Waals surface area contributed by atoms with Gasteiger partial charge in [0.15, 0.2) is 0 Å². The average Bonchev–Trinajstić information content (AvgIpc) is 3.67. The lowest BCUT2D eigenvalue weighted by molar-refractivity contribution is 1.17. The molecule has 0 spiro atoms. The van der Waals surface area contributed by atoms with Gasteiger partial charge in [0.25, 0.3) is 0 Å². The lowest BCUT2D eigenvalue weighted by atomic mass is 9.94. The van der Waals surface area contributed by atoms with Gasteiger partial charge in [-0.1, -0.05) is 109 Å². The number of rotatable bonds is 4. The molecule has 0 radical (unpaired) electrons. The highest BCUT2D eigenvalue weighted by Gasteiger charge is 2.20. The van der Waals surface area contributed by atoms with Crippen molar-refractivity contribution in [2.24, 2.45) is 0 Å². The summed E-state index contributed by atoms with van der Waals surface area (Å²) in [5.74, 6) is 0. The smallest absolute Gasteiger partial charge is 0.102 e. The topological polar surface area (TPSA) is 57.4 Å². The van der Waals surface area contributed by atoms with Crippen molar-refractivity contribution in [3.05, 3.63) is 169 Å². The van der Waals surface area contributed by atoms with E-state index in [2.05, 4.69) is 124 Å². The van der Waals surface area contributed by atoms with E-state index in [4.69, 9.17) is 0 Å². The van der Waals surface area contributed by atoms with Gasteiger partial charge in [0.05, 0.1) is 50.6 Å². The van der Waals surface area contributed by atoms with Gasteiger partial charge in [-0.3, -0.25) is 0 Å². The fourth-order valence-corrected chi connectivity index (χ4v) is 7.41. The largest absolute Gasteiger partial charge is 0.309 e. The van der Waals surface area contributed by atoms with Gasteiger partial charge in [-0.15, -0.1) is 0 Å². The monoisotopic (exact) mass is 610 g/mol. The van der Waals surface area contributed by atoms with Gasteiger partial charge in [0.1, 0.15) is 6.07 Å². The standard InChI is InChI=1S/C44H26N4/c45-27-31-14-10-25-43-44(31)36-18-4-8-23-41(36)48(43)38-20-5-1-15-33(38)30-13-9-12-29(26-30)32-19-11-24-42(37(32)28-46)47-39-21-6-2-16-34(39)35-17-3-7-22-40(35)47/h1-26H. The minimum absolute atomic E-state index is 0.626. The van der Waals surface area contributed by atoms with Crippen LogP contribution in [-0.4, -0.2) is 9.13 Å². The van der Waals surface area contributed by atoms with Crippen molar-refractivity contribution in [2.45, 2.75) is 0 Å². The summed E-state index contributed by atoms with van der Waals surface area (Å²) in [6.45, 7) is 0. The molecule has 0 atom stereocenters. The van der Waals surface area contributed by atoms with Crippen LogP contribution in [0, 0.1) is 22.7 Å². The first kappa shape index (κ1) is 27.4. The van der Waals surface area contributed by atoms with Gasteiger partial charge in [-0.2, -0.15) is 10.5 Å². The van der Waals surface area contributed by atoms with E-state index in [1.54, 1.807) is 0 Å². The number of hydrogen-bond acceptors (Lipinski definition) is 2. The fraction of sp³-hybridized carbons (Fsp3) is 0. The summed E-state index contributed by atoms with van der Waals surface area (Å²) in [5.41, 5.74) is 11.3. The zero-order chi connectivity index (χ0) is 32.2. The normalized spacial score (nSPS) is 11.3. The van der Waals surface area contributed by atoms with E-state index in [9.17, 15) is 10.5 Å². The minimum atomic E-state index is 0.626. The Bertz CT molecular complexity index is 2760. The van der Waals surface area contributed by atoms with E-state index in [1.807, 2.05) is 54.6 Å². The van der Waals surface area contributed by atoms with E-state index in [1.165, 1.54) is 0 Å². The van der Waals surface area contributed by atoms with Crippen LogP contribution in [0.3, 0.4) is 0 Å². The third-order valence-electron chi connectivity index (χ3n) is 9.42. The van der Waals surface area contributed by atoms with Crippen LogP contribution in [0.2, 0.25) is 0 Å². The molecule has 0 N–H and O–H groups in total. The van der Waals surface area contributed by atoms with Crippen molar-refractivity contribution in [1.29, 1.82) is 10.5 Å². The Morgan fingerprint density at radius 1 is 0.396 bits per heavy atom. The van der Waals surface area contributed by atoms with E-state index >= 15 is 0 Å². The lowest BCUT2D eigenvalue weighted by Crippen LogP contribution is -2.00. The summed E-state index contributed by atoms with van der Waals surface area (Å²) in [6, 6.07) is 58.9. The molecule has 0 aliphatic heterocycles. The number of nitrogens with zero attached hydrogens (tertiary/aromatic N) is 4. The Hall–Kier alpha value is -6.88. The molecule has 222 valence electrons. The molecule has 0 fully saturated rings. The molecule has 0 bridgehead atoms. The van der Waals surface area contributed by atoms with Crippen molar-refractivity contribution >= 4 is 43.6 Å². The zero-order valence-electron chi connectivity index (χ0n) is 25.8. The maximum Gasteiger partial charge on any atom is 0.102 e. The number of aromatic nitrogens is 2. The second kappa shape index (κ2) is 10.9. The molecule has 7 aromatic carbocycles. The minimum Gasteiger partial charge on any atom is -0.309 e. The summed E-state index contributed by atoms with van der Waals surface area (Å²) >= 11 is 0. The molecule has 0 aliphatic carbocycles. The molecular weight excluding hydrogens is 585 g/mol. The Labute approximate surface area is 277 Å². The highest BCUT2D eigenvalue weighted by atomic mass is 15.0. The summed E-state index contributed by atoms with van der Waals surface area (Å²) in [4.78, 5) is 0. The average molecular weight is 611 g/mol. The Morgan fingerprint density at radius 3 is 1.60 bits per heavy atom. The lowest BCUT2D eigenvalue weighted by Gasteiger charge is -2.16. The van der Waals surface area contributed by atoms with Gasteiger partial charge in [-0.25, -0.2) is 0 Å². The third kappa shape index (κ3) is 4.01. The molecule has 0 saturated carbocycles. The molecule has 0 saturated heterocycles. The zero-order valence-corrected chi connectivity index (χ0v) is 25.8. The molecule has 48 heavy (non-hydrogen) atoms. The van der Waals surface area contributed by atoms with Crippen LogP contribution in [-0.2, 0) is 0 Å². The molecule has 2 heterocycles. The van der Waals surface area contributed by atoms with Crippen LogP contribution in [0.15, 0.2) is 158 Å². The van der Waals surface area contributed by atoms with Crippen molar-refractivity contribution in [1.82, 2.24) is 9.13 Å². The van der Waals surface area contributed by atoms with Crippen LogP contribution in [0.1, 0.15) is 11.1 Å². The highest BCUT2D eigenvalue weighted by molar-refractivity contribution is 6.12. The van der Waals surface area contributed by atoms with Crippen LogP contribution in [0.5, 0.6) is 0 Å². The van der Waals surface area contributed by atoms with Crippen molar-refractivity contribution < 1.29 is 0 Å². The van der Waals surface area contributed by atoms with Gasteiger partial charge < -0.3 is 9.13 Å². The predicted molar refractivity (Wildman–Crippen MR) is 195 cm³/mol. The van der Waals surface area contributed by atoms with Gasteiger partial charge in [0, 0.05) is 32.7 Å². The van der Waals surface area contributed by atoms with Crippen molar-refractivity contribution in [2.75, 3.05) is 0 Å². The van der Waals surface area contributed by atoms with E-state index in [0.29, 0.717) is 11.1 Å². The van der Waals surface area contributed by atoms with Gasteiger partial charge >= 0.3 is 0 Å². The van der Waals surface area contributed by atoms with Crippen molar-refractivity contribution in [3.63, 3.8) is 0 Å². The molecule has 0 aliphatic rings. The number of nitriles is 2. The van der Waals surface area contributed by atoms with E-state index in [-0.39, 0.29) is 0 Å². The summed E-state index contributed by atoms with van der Waals surface area (Å²) < 4.78 is 4.47. The second-order valence-electron chi connectivity index (χ2n) is 11.9. The maximum absolute atomic E-state index is 10.7. The second-order valence-corrected chi connectivity index (χ2v) is 11.9. The third-order valence-corrected chi connectivity index (χ3v) is 9.42. The van der Waals surface area contributed by atoms with Gasteiger partial charge in [0.2, 0.25) is 0 Å². The predicted octanol–water partition coefficient (Wildman–Crippen LogP) is 11.0. The molecular formula is C44H26N4. The summed E-state index contributed by atoms with van der Waals surface area (Å²) in [7, 11) is 0. The highest BCUT2D eigenvalue weighted by Crippen LogP contribution is 2.40. The summed E-state index contributed by atoms with van der Waals surface area (Å²) in [6.07, 6.45) is 0.